The minimum Gasteiger partial charge on any atom is -0.364 e. The van der Waals surface area contributed by atoms with Crippen LogP contribution >= 0.6 is 15.9 Å². The number of nitrogens with zero attached hydrogens (tertiary/aromatic N) is 1. The molecule has 0 atom stereocenters. The molecule has 0 radical (unpaired) electrons. The molecule has 0 aromatic carbocycles. The summed E-state index contributed by atoms with van der Waals surface area (Å²) in [6, 6.07) is 0. The van der Waals surface area contributed by atoms with Crippen molar-refractivity contribution >= 4 is 22.2 Å². The Labute approximate surface area is 60.2 Å². The monoisotopic (exact) mass is 189 g/mol. The van der Waals surface area contributed by atoms with Crippen molar-refractivity contribution in [1.29, 1.82) is 0 Å². The van der Waals surface area contributed by atoms with Crippen LogP contribution in [0, 0.1) is 0 Å². The van der Waals surface area contributed by atoms with Gasteiger partial charge in [0.2, 0.25) is 0 Å². The molecule has 0 fully saturated rings. The number of hydrogen-bond donors (Lipinski definition) is 0. The number of hydrogen-bond acceptors (Lipinski definition) is 3. The molecule has 0 unspecified atom stereocenters. The lowest BCUT2D eigenvalue weighted by Crippen LogP contribution is -1.83. The van der Waals surface area contributed by atoms with Gasteiger partial charge in [-0.3, -0.25) is 4.79 Å². The number of carbonyl (C=O) groups is 1. The summed E-state index contributed by atoms with van der Waals surface area (Å²) in [6.45, 7) is 0. The van der Waals surface area contributed by atoms with Gasteiger partial charge in [0.05, 0.1) is 0 Å². The normalized spacial score (nSPS) is 9.44. The third-order valence-corrected chi connectivity index (χ3v) is 1.53. The minimum absolute atomic E-state index is 0.367. The van der Waals surface area contributed by atoms with Gasteiger partial charge in [-0.1, -0.05) is 21.1 Å². The van der Waals surface area contributed by atoms with Crippen LogP contribution in [0.25, 0.3) is 0 Å². The minimum atomic E-state index is 0.367. The molecule has 0 amide bonds. The summed E-state index contributed by atoms with van der Waals surface area (Å²) in [5.41, 5.74) is 1.15. The van der Waals surface area contributed by atoms with E-state index in [-0.39, 0.29) is 0 Å². The Bertz CT molecular complexity index is 208. The maximum absolute atomic E-state index is 10.1. The first kappa shape index (κ1) is 6.48. The van der Waals surface area contributed by atoms with E-state index in [1.807, 2.05) is 0 Å². The van der Waals surface area contributed by atoms with Crippen molar-refractivity contribution in [2.24, 2.45) is 0 Å². The molecule has 1 aromatic heterocycles. The van der Waals surface area contributed by atoms with Gasteiger partial charge in [-0.25, -0.2) is 0 Å². The molecule has 0 aliphatic rings. The predicted octanol–water partition coefficient (Wildman–Crippen LogP) is 1.38. The van der Waals surface area contributed by atoms with Gasteiger partial charge in [0.15, 0.2) is 6.29 Å². The highest BCUT2D eigenvalue weighted by molar-refractivity contribution is 9.08. The largest absolute Gasteiger partial charge is 0.364 e. The molecule has 3 nitrogen and oxygen atoms in total. The molecule has 0 N–H and O–H groups in total. The molecule has 1 heterocycles. The van der Waals surface area contributed by atoms with Gasteiger partial charge in [0.25, 0.3) is 0 Å². The van der Waals surface area contributed by atoms with Crippen molar-refractivity contribution in [3.05, 3.63) is 17.5 Å². The van der Waals surface area contributed by atoms with Crippen LogP contribution in [0.15, 0.2) is 10.8 Å². The summed E-state index contributed by atoms with van der Waals surface area (Å²) in [7, 11) is 0. The van der Waals surface area contributed by atoms with Crippen LogP contribution in [0.1, 0.15) is 16.1 Å². The lowest BCUT2D eigenvalue weighted by atomic mass is 10.3. The number of aldehydes is 1. The van der Waals surface area contributed by atoms with Gasteiger partial charge in [-0.15, -0.1) is 0 Å². The second-order valence-electron chi connectivity index (χ2n) is 1.48. The van der Waals surface area contributed by atoms with E-state index >= 15 is 0 Å². The molecule has 0 aliphatic heterocycles. The SMILES string of the molecule is O=Cc1nocc1CBr. The molecule has 4 heteroatoms. The molecule has 0 spiro atoms. The first-order valence-electron chi connectivity index (χ1n) is 2.33. The Balaban J connectivity index is 2.98. The molecular formula is C5H4BrNO2. The average molecular weight is 190 g/mol. The average Bonchev–Trinajstić information content (AvgIpc) is 2.33. The Morgan fingerprint density at radius 2 is 2.67 bits per heavy atom. The highest BCUT2D eigenvalue weighted by Gasteiger charge is 2.02. The lowest BCUT2D eigenvalue weighted by Gasteiger charge is -1.80. The van der Waals surface area contributed by atoms with E-state index in [4.69, 9.17) is 0 Å². The van der Waals surface area contributed by atoms with Gasteiger partial charge in [0, 0.05) is 10.9 Å². The van der Waals surface area contributed by atoms with Gasteiger partial charge in [-0.05, 0) is 0 Å². The molecule has 1 aromatic rings. The van der Waals surface area contributed by atoms with Crippen molar-refractivity contribution in [2.45, 2.75) is 5.33 Å². The molecule has 0 aliphatic carbocycles. The molecule has 9 heavy (non-hydrogen) atoms. The van der Waals surface area contributed by atoms with Crippen molar-refractivity contribution in [2.75, 3.05) is 0 Å². The summed E-state index contributed by atoms with van der Waals surface area (Å²) in [5, 5.41) is 4.03. The Morgan fingerprint density at radius 3 is 3.11 bits per heavy atom. The maximum Gasteiger partial charge on any atom is 0.172 e. The van der Waals surface area contributed by atoms with Crippen molar-refractivity contribution in [3.8, 4) is 0 Å². The van der Waals surface area contributed by atoms with Crippen molar-refractivity contribution < 1.29 is 9.32 Å². The Kier molecular flexibility index (Phi) is 2.00. The quantitative estimate of drug-likeness (QED) is 0.522. The van der Waals surface area contributed by atoms with Gasteiger partial charge in [0.1, 0.15) is 12.0 Å². The molecule has 1 rings (SSSR count). The Morgan fingerprint density at radius 1 is 1.89 bits per heavy atom. The van der Waals surface area contributed by atoms with Crippen molar-refractivity contribution in [1.82, 2.24) is 5.16 Å². The summed E-state index contributed by atoms with van der Waals surface area (Å²) in [5.74, 6) is 0. The van der Waals surface area contributed by atoms with Crippen molar-refractivity contribution in [3.63, 3.8) is 0 Å². The summed E-state index contributed by atoms with van der Waals surface area (Å²) in [4.78, 5) is 10.1. The van der Waals surface area contributed by atoms with E-state index in [0.29, 0.717) is 17.3 Å². The highest BCUT2D eigenvalue weighted by atomic mass is 79.9. The third-order valence-electron chi connectivity index (χ3n) is 0.931. The molecule has 0 saturated carbocycles. The first-order valence-corrected chi connectivity index (χ1v) is 3.45. The van der Waals surface area contributed by atoms with E-state index in [0.717, 1.165) is 5.56 Å². The summed E-state index contributed by atoms with van der Waals surface area (Å²) >= 11 is 3.17. The van der Waals surface area contributed by atoms with E-state index in [9.17, 15) is 4.79 Å². The Hall–Kier alpha value is -0.640. The number of halogens is 1. The standard InChI is InChI=1S/C5H4BrNO2/c6-1-4-3-9-7-5(4)2-8/h2-3H,1H2. The number of carbonyl (C=O) groups excluding carboxylic acids is 1. The zero-order chi connectivity index (χ0) is 6.69. The van der Waals surface area contributed by atoms with E-state index in [1.54, 1.807) is 0 Å². The molecule has 0 bridgehead atoms. The fourth-order valence-corrected chi connectivity index (χ4v) is 0.882. The van der Waals surface area contributed by atoms with Gasteiger partial charge < -0.3 is 4.52 Å². The van der Waals surface area contributed by atoms with Crippen LogP contribution < -0.4 is 0 Å². The summed E-state index contributed by atoms with van der Waals surface area (Å²) in [6.07, 6.45) is 2.11. The highest BCUT2D eigenvalue weighted by Crippen LogP contribution is 2.07. The lowest BCUT2D eigenvalue weighted by molar-refractivity contribution is 0.111. The zero-order valence-corrected chi connectivity index (χ0v) is 6.09. The van der Waals surface area contributed by atoms with Crippen LogP contribution in [0.3, 0.4) is 0 Å². The van der Waals surface area contributed by atoms with Crippen LogP contribution in [0.4, 0.5) is 0 Å². The van der Waals surface area contributed by atoms with Crippen LogP contribution in [-0.2, 0) is 5.33 Å². The second-order valence-corrected chi connectivity index (χ2v) is 2.04. The molecular weight excluding hydrogens is 186 g/mol. The van der Waals surface area contributed by atoms with Crippen LogP contribution in [0.2, 0.25) is 0 Å². The third kappa shape index (κ3) is 1.18. The topological polar surface area (TPSA) is 43.1 Å². The zero-order valence-electron chi connectivity index (χ0n) is 4.50. The van der Waals surface area contributed by atoms with E-state index < -0.39 is 0 Å². The van der Waals surface area contributed by atoms with Crippen LogP contribution in [0.5, 0.6) is 0 Å². The maximum atomic E-state index is 10.1. The number of alkyl halides is 1. The first-order chi connectivity index (χ1) is 4.38. The predicted molar refractivity (Wildman–Crippen MR) is 34.5 cm³/mol. The van der Waals surface area contributed by atoms with Gasteiger partial charge in [-0.2, -0.15) is 0 Å². The van der Waals surface area contributed by atoms with Crippen LogP contribution in [-0.4, -0.2) is 11.4 Å². The van der Waals surface area contributed by atoms with E-state index in [1.165, 1.54) is 6.26 Å². The number of rotatable bonds is 2. The van der Waals surface area contributed by atoms with Gasteiger partial charge >= 0.3 is 0 Å². The smallest absolute Gasteiger partial charge is 0.172 e. The van der Waals surface area contributed by atoms with E-state index in [2.05, 4.69) is 25.6 Å². The fraction of sp³-hybridized carbons (Fsp3) is 0.200. The molecule has 0 saturated heterocycles. The molecule has 48 valence electrons. The second kappa shape index (κ2) is 2.77. The summed E-state index contributed by atoms with van der Waals surface area (Å²) < 4.78 is 4.52. The fourth-order valence-electron chi connectivity index (χ4n) is 0.463. The number of aromatic nitrogens is 1.